The molecule has 4 heteroatoms. The fourth-order valence-corrected chi connectivity index (χ4v) is 2.06. The first-order valence-corrected chi connectivity index (χ1v) is 6.30. The van der Waals surface area contributed by atoms with E-state index in [4.69, 9.17) is 0 Å². The van der Waals surface area contributed by atoms with Crippen LogP contribution in [0.2, 0.25) is 0 Å². The molecule has 1 aromatic heterocycles. The third kappa shape index (κ3) is 2.79. The topological polar surface area (TPSA) is 37.8 Å². The van der Waals surface area contributed by atoms with E-state index in [1.54, 1.807) is 6.07 Å². The van der Waals surface area contributed by atoms with E-state index in [0.29, 0.717) is 5.82 Å². The molecule has 0 saturated carbocycles. The van der Waals surface area contributed by atoms with Gasteiger partial charge in [-0.25, -0.2) is 14.4 Å². The van der Waals surface area contributed by atoms with Crippen molar-refractivity contribution in [3.8, 4) is 11.4 Å². The molecule has 100 valence electrons. The number of aryl methyl sites for hydroxylation is 2. The lowest BCUT2D eigenvalue weighted by Gasteiger charge is -2.14. The standard InChI is InChI=1S/C15H18FN3/c1-9-7-12(16)5-6-13(9)15-18-8-14(10(2)17-4)11(3)19-15/h5-8,10,17H,1-4H3. The summed E-state index contributed by atoms with van der Waals surface area (Å²) in [7, 11) is 1.90. The van der Waals surface area contributed by atoms with Crippen LogP contribution in [0.3, 0.4) is 0 Å². The van der Waals surface area contributed by atoms with Crippen molar-refractivity contribution in [2.24, 2.45) is 0 Å². The van der Waals surface area contributed by atoms with Crippen molar-refractivity contribution >= 4 is 0 Å². The molecule has 1 unspecified atom stereocenters. The predicted octanol–water partition coefficient (Wildman–Crippen LogP) is 3.18. The molecule has 0 bridgehead atoms. The molecular weight excluding hydrogens is 241 g/mol. The fourth-order valence-electron chi connectivity index (χ4n) is 2.06. The van der Waals surface area contributed by atoms with Crippen LogP contribution in [0.5, 0.6) is 0 Å². The van der Waals surface area contributed by atoms with Gasteiger partial charge in [0.2, 0.25) is 0 Å². The largest absolute Gasteiger partial charge is 0.313 e. The summed E-state index contributed by atoms with van der Waals surface area (Å²) in [6.07, 6.45) is 1.83. The molecule has 2 aromatic rings. The molecule has 1 atom stereocenters. The molecule has 0 saturated heterocycles. The van der Waals surface area contributed by atoms with Crippen LogP contribution in [0.25, 0.3) is 11.4 Å². The number of nitrogens with one attached hydrogen (secondary N) is 1. The highest BCUT2D eigenvalue weighted by molar-refractivity contribution is 5.60. The van der Waals surface area contributed by atoms with E-state index in [0.717, 1.165) is 22.4 Å². The molecule has 0 radical (unpaired) electrons. The van der Waals surface area contributed by atoms with Crippen LogP contribution in [-0.4, -0.2) is 17.0 Å². The van der Waals surface area contributed by atoms with Gasteiger partial charge < -0.3 is 5.32 Å². The van der Waals surface area contributed by atoms with Gasteiger partial charge in [-0.3, -0.25) is 0 Å². The average molecular weight is 259 g/mol. The quantitative estimate of drug-likeness (QED) is 0.920. The molecule has 0 amide bonds. The Bertz CT molecular complexity index is 596. The molecule has 0 aliphatic rings. The van der Waals surface area contributed by atoms with Gasteiger partial charge in [0.1, 0.15) is 5.82 Å². The van der Waals surface area contributed by atoms with E-state index in [1.807, 2.05) is 27.1 Å². The minimum absolute atomic E-state index is 0.211. The van der Waals surface area contributed by atoms with Crippen molar-refractivity contribution in [2.75, 3.05) is 7.05 Å². The van der Waals surface area contributed by atoms with E-state index < -0.39 is 0 Å². The maximum absolute atomic E-state index is 13.1. The van der Waals surface area contributed by atoms with E-state index in [-0.39, 0.29) is 11.9 Å². The number of hydrogen-bond acceptors (Lipinski definition) is 3. The molecule has 0 aliphatic heterocycles. The number of aromatic nitrogens is 2. The summed E-state index contributed by atoms with van der Waals surface area (Å²) >= 11 is 0. The summed E-state index contributed by atoms with van der Waals surface area (Å²) in [5, 5.41) is 3.17. The van der Waals surface area contributed by atoms with Gasteiger partial charge in [-0.05, 0) is 51.6 Å². The predicted molar refractivity (Wildman–Crippen MR) is 74.4 cm³/mol. The molecule has 1 N–H and O–H groups in total. The van der Waals surface area contributed by atoms with Gasteiger partial charge in [0.15, 0.2) is 5.82 Å². The molecule has 2 rings (SSSR count). The molecule has 19 heavy (non-hydrogen) atoms. The highest BCUT2D eigenvalue weighted by Gasteiger charge is 2.11. The van der Waals surface area contributed by atoms with E-state index in [1.165, 1.54) is 12.1 Å². The fraction of sp³-hybridized carbons (Fsp3) is 0.333. The number of hydrogen-bond donors (Lipinski definition) is 1. The minimum atomic E-state index is -0.238. The summed E-state index contributed by atoms with van der Waals surface area (Å²) in [5.41, 5.74) is 3.73. The molecular formula is C15H18FN3. The molecule has 0 fully saturated rings. The zero-order valence-corrected chi connectivity index (χ0v) is 11.7. The zero-order chi connectivity index (χ0) is 14.0. The van der Waals surface area contributed by atoms with Crippen molar-refractivity contribution in [3.63, 3.8) is 0 Å². The second-order valence-corrected chi connectivity index (χ2v) is 4.70. The molecule has 0 spiro atoms. The summed E-state index contributed by atoms with van der Waals surface area (Å²) in [5.74, 6) is 0.403. The Hall–Kier alpha value is -1.81. The second kappa shape index (κ2) is 5.45. The van der Waals surface area contributed by atoms with Gasteiger partial charge in [-0.1, -0.05) is 0 Å². The van der Waals surface area contributed by atoms with Crippen molar-refractivity contribution in [1.82, 2.24) is 15.3 Å². The maximum atomic E-state index is 13.1. The first-order chi connectivity index (χ1) is 9.02. The Morgan fingerprint density at radius 2 is 2.00 bits per heavy atom. The van der Waals surface area contributed by atoms with Crippen molar-refractivity contribution < 1.29 is 4.39 Å². The lowest BCUT2D eigenvalue weighted by Crippen LogP contribution is -2.15. The smallest absolute Gasteiger partial charge is 0.159 e. The Balaban J connectivity index is 2.44. The third-order valence-electron chi connectivity index (χ3n) is 3.35. The van der Waals surface area contributed by atoms with Crippen LogP contribution >= 0.6 is 0 Å². The van der Waals surface area contributed by atoms with E-state index in [2.05, 4.69) is 22.2 Å². The summed E-state index contributed by atoms with van der Waals surface area (Å²) < 4.78 is 13.1. The maximum Gasteiger partial charge on any atom is 0.159 e. The Labute approximate surface area is 112 Å². The normalized spacial score (nSPS) is 12.5. The van der Waals surface area contributed by atoms with Crippen LogP contribution in [-0.2, 0) is 0 Å². The SMILES string of the molecule is CNC(C)c1cnc(-c2ccc(F)cc2C)nc1C. The van der Waals surface area contributed by atoms with Gasteiger partial charge in [0.25, 0.3) is 0 Å². The highest BCUT2D eigenvalue weighted by Crippen LogP contribution is 2.23. The van der Waals surface area contributed by atoms with Gasteiger partial charge >= 0.3 is 0 Å². The van der Waals surface area contributed by atoms with Crippen LogP contribution in [0, 0.1) is 19.7 Å². The second-order valence-electron chi connectivity index (χ2n) is 4.70. The first kappa shape index (κ1) is 13.6. The lowest BCUT2D eigenvalue weighted by atomic mass is 10.1. The summed E-state index contributed by atoms with van der Waals surface area (Å²) in [6, 6.07) is 4.87. The van der Waals surface area contributed by atoms with Gasteiger partial charge in [-0.15, -0.1) is 0 Å². The van der Waals surface area contributed by atoms with Crippen LogP contribution in [0.4, 0.5) is 4.39 Å². The van der Waals surface area contributed by atoms with Gasteiger partial charge in [0, 0.05) is 29.1 Å². The van der Waals surface area contributed by atoms with E-state index >= 15 is 0 Å². The van der Waals surface area contributed by atoms with Crippen molar-refractivity contribution in [1.29, 1.82) is 0 Å². The van der Waals surface area contributed by atoms with Gasteiger partial charge in [-0.2, -0.15) is 0 Å². The third-order valence-corrected chi connectivity index (χ3v) is 3.35. The van der Waals surface area contributed by atoms with Crippen molar-refractivity contribution in [3.05, 3.63) is 47.0 Å². The summed E-state index contributed by atoms with van der Waals surface area (Å²) in [4.78, 5) is 8.93. The molecule has 3 nitrogen and oxygen atoms in total. The number of rotatable bonds is 3. The number of benzene rings is 1. The number of halogens is 1. The van der Waals surface area contributed by atoms with Gasteiger partial charge in [0.05, 0.1) is 0 Å². The number of nitrogens with zero attached hydrogens (tertiary/aromatic N) is 2. The average Bonchev–Trinajstić information content (AvgIpc) is 2.37. The highest BCUT2D eigenvalue weighted by atomic mass is 19.1. The Kier molecular flexibility index (Phi) is 3.90. The first-order valence-electron chi connectivity index (χ1n) is 6.30. The molecule has 0 aliphatic carbocycles. The van der Waals surface area contributed by atoms with Crippen LogP contribution in [0.15, 0.2) is 24.4 Å². The molecule has 1 heterocycles. The lowest BCUT2D eigenvalue weighted by molar-refractivity contribution is 0.626. The van der Waals surface area contributed by atoms with E-state index in [9.17, 15) is 4.39 Å². The molecule has 1 aromatic carbocycles. The van der Waals surface area contributed by atoms with Crippen LogP contribution < -0.4 is 5.32 Å². The summed E-state index contributed by atoms with van der Waals surface area (Å²) in [6.45, 7) is 5.89. The monoisotopic (exact) mass is 259 g/mol. The Morgan fingerprint density at radius 1 is 1.26 bits per heavy atom. The Morgan fingerprint density at radius 3 is 2.58 bits per heavy atom. The zero-order valence-electron chi connectivity index (χ0n) is 11.7. The minimum Gasteiger partial charge on any atom is -0.313 e. The van der Waals surface area contributed by atoms with Crippen molar-refractivity contribution in [2.45, 2.75) is 26.8 Å². The van der Waals surface area contributed by atoms with Crippen LogP contribution in [0.1, 0.15) is 29.8 Å².